The highest BCUT2D eigenvalue weighted by atomic mass is 16.6. The summed E-state index contributed by atoms with van der Waals surface area (Å²) in [4.78, 5) is 97.1. The van der Waals surface area contributed by atoms with E-state index in [4.69, 9.17) is 14.2 Å². The summed E-state index contributed by atoms with van der Waals surface area (Å²) in [6.07, 6.45) is -0.656. The van der Waals surface area contributed by atoms with E-state index < -0.39 is 47.7 Å². The number of para-hydroxylation sites is 1. The lowest BCUT2D eigenvalue weighted by Gasteiger charge is -2.43. The topological polar surface area (TPSA) is 220 Å². The Morgan fingerprint density at radius 1 is 0.789 bits per heavy atom. The Hall–Kier alpha value is -7.67. The summed E-state index contributed by atoms with van der Waals surface area (Å²) in [6.45, 7) is 15.9. The van der Waals surface area contributed by atoms with Gasteiger partial charge in [-0.15, -0.1) is 0 Å². The van der Waals surface area contributed by atoms with E-state index in [0.29, 0.717) is 72.3 Å². The van der Waals surface area contributed by atoms with Gasteiger partial charge in [0.05, 0.1) is 12.6 Å². The molecular weight excluding hydrogens is 911 g/mol. The lowest BCUT2D eigenvalue weighted by atomic mass is 9.90. The van der Waals surface area contributed by atoms with Crippen LogP contribution in [0.1, 0.15) is 78.5 Å². The first kappa shape index (κ1) is 52.7. The molecule has 0 aromatic heterocycles. The fourth-order valence-corrected chi connectivity index (χ4v) is 8.15. The number of carbonyl (C=O) groups excluding carboxylic acids is 7. The third kappa shape index (κ3) is 15.2. The number of benzene rings is 4. The molecule has 4 aromatic carbocycles. The van der Waals surface area contributed by atoms with E-state index >= 15 is 0 Å². The number of nitrogens with zero attached hydrogens (tertiary/aromatic N) is 4. The van der Waals surface area contributed by atoms with Crippen molar-refractivity contribution in [3.63, 3.8) is 0 Å². The number of rotatable bonds is 16. The lowest BCUT2D eigenvalue weighted by Crippen LogP contribution is -2.48. The summed E-state index contributed by atoms with van der Waals surface area (Å²) in [5.74, 6) is -0.236. The van der Waals surface area contributed by atoms with Crippen molar-refractivity contribution in [3.05, 3.63) is 108 Å². The van der Waals surface area contributed by atoms with Crippen molar-refractivity contribution in [2.24, 2.45) is 0 Å². The van der Waals surface area contributed by atoms with Crippen LogP contribution in [0.3, 0.4) is 0 Å². The van der Waals surface area contributed by atoms with E-state index in [2.05, 4.69) is 31.5 Å². The van der Waals surface area contributed by atoms with Crippen LogP contribution >= 0.6 is 0 Å². The quantitative estimate of drug-likeness (QED) is 0.0752. The van der Waals surface area contributed by atoms with Gasteiger partial charge in [-0.2, -0.15) is 0 Å². The first-order chi connectivity index (χ1) is 33.9. The fraction of sp³-hybridized carbons (Fsp3) is 0.404. The molecule has 0 saturated carbocycles. The van der Waals surface area contributed by atoms with Crippen LogP contribution in [0.2, 0.25) is 0 Å². The molecule has 5 N–H and O–H groups in total. The summed E-state index contributed by atoms with van der Waals surface area (Å²) in [6, 6.07) is 25.5. The molecule has 71 heavy (non-hydrogen) atoms. The van der Waals surface area contributed by atoms with E-state index in [-0.39, 0.29) is 31.0 Å². The largest absolute Gasteiger partial charge is 0.492 e. The van der Waals surface area contributed by atoms with E-state index in [1.54, 1.807) is 117 Å². The number of amides is 8. The second-order valence-corrected chi connectivity index (χ2v) is 18.4. The Kier molecular flexibility index (Phi) is 18.0. The molecule has 0 aliphatic carbocycles. The maximum absolute atomic E-state index is 14.3. The van der Waals surface area contributed by atoms with Gasteiger partial charge in [-0.05, 0) is 119 Å². The molecule has 1 fully saturated rings. The van der Waals surface area contributed by atoms with Crippen LogP contribution in [0.15, 0.2) is 97.1 Å². The zero-order valence-corrected chi connectivity index (χ0v) is 41.4. The average molecular weight is 976 g/mol. The van der Waals surface area contributed by atoms with E-state index in [9.17, 15) is 33.6 Å². The number of alkyl carbamates (subject to hydrolysis) is 1. The van der Waals surface area contributed by atoms with Gasteiger partial charge in [-0.25, -0.2) is 14.4 Å². The number of nitrogens with one attached hydrogen (secondary N) is 5. The molecule has 2 aliphatic rings. The Bertz CT molecular complexity index is 2510. The number of urea groups is 1. The SMILES string of the molecule is CCC(=O)N1c2ccccc2[C@H](N(C(=O)OCc2ccc(NC(=O)[C@H](C)NC(=O)OC(C)(C)C)cc2)c2ccc(NC(=O)CNC(=O)Nc3ccc(OCCN4CCN(C(C)=O)CC4)cc3)cc2)C[C@@H]1C. The van der Waals surface area contributed by atoms with Gasteiger partial charge in [0.2, 0.25) is 23.6 Å². The normalized spacial score (nSPS) is 16.0. The van der Waals surface area contributed by atoms with E-state index in [1.165, 1.54) is 0 Å². The summed E-state index contributed by atoms with van der Waals surface area (Å²) in [5.41, 5.74) is 3.25. The second-order valence-electron chi connectivity index (χ2n) is 18.4. The van der Waals surface area contributed by atoms with Crippen LogP contribution in [0.4, 0.5) is 42.8 Å². The molecule has 4 aromatic rings. The number of hydrogen-bond acceptors (Lipinski definition) is 11. The molecular formula is C52H65N9O10. The molecule has 19 nitrogen and oxygen atoms in total. The monoisotopic (exact) mass is 975 g/mol. The second kappa shape index (κ2) is 24.2. The van der Waals surface area contributed by atoms with Gasteiger partial charge in [-0.1, -0.05) is 37.3 Å². The van der Waals surface area contributed by atoms with E-state index in [0.717, 1.165) is 25.2 Å². The minimum atomic E-state index is -0.875. The van der Waals surface area contributed by atoms with Gasteiger partial charge in [0.15, 0.2) is 0 Å². The molecule has 0 spiro atoms. The first-order valence-electron chi connectivity index (χ1n) is 23.8. The maximum atomic E-state index is 14.3. The fourth-order valence-electron chi connectivity index (χ4n) is 8.15. The highest BCUT2D eigenvalue weighted by molar-refractivity contribution is 5.99. The van der Waals surface area contributed by atoms with Crippen molar-refractivity contribution in [3.8, 4) is 5.75 Å². The first-order valence-corrected chi connectivity index (χ1v) is 23.8. The number of ether oxygens (including phenoxy) is 3. The predicted molar refractivity (Wildman–Crippen MR) is 270 cm³/mol. The van der Waals surface area contributed by atoms with Gasteiger partial charge in [0.1, 0.15) is 30.6 Å². The van der Waals surface area contributed by atoms with Gasteiger partial charge >= 0.3 is 18.2 Å². The number of hydrogen-bond donors (Lipinski definition) is 5. The molecule has 8 amide bonds. The summed E-state index contributed by atoms with van der Waals surface area (Å²) in [5, 5.41) is 13.3. The third-order valence-electron chi connectivity index (χ3n) is 11.8. The Morgan fingerprint density at radius 3 is 2.06 bits per heavy atom. The van der Waals surface area contributed by atoms with Crippen molar-refractivity contribution in [2.45, 2.75) is 91.6 Å². The minimum absolute atomic E-state index is 0.0390. The van der Waals surface area contributed by atoms with Gasteiger partial charge in [0.25, 0.3) is 0 Å². The summed E-state index contributed by atoms with van der Waals surface area (Å²) < 4.78 is 17.1. The number of carbonyl (C=O) groups is 7. The molecule has 19 heteroatoms. The third-order valence-corrected chi connectivity index (χ3v) is 11.8. The van der Waals surface area contributed by atoms with Crippen molar-refractivity contribution in [2.75, 3.05) is 71.6 Å². The van der Waals surface area contributed by atoms with Crippen LogP contribution in [0.25, 0.3) is 0 Å². The van der Waals surface area contributed by atoms with Crippen LogP contribution in [0.5, 0.6) is 5.75 Å². The molecule has 6 rings (SSSR count). The van der Waals surface area contributed by atoms with Crippen LogP contribution in [0, 0.1) is 0 Å². The zero-order chi connectivity index (χ0) is 51.2. The van der Waals surface area contributed by atoms with Crippen LogP contribution in [-0.4, -0.2) is 115 Å². The number of anilines is 5. The molecule has 1 saturated heterocycles. The van der Waals surface area contributed by atoms with Crippen molar-refractivity contribution >= 4 is 70.3 Å². The smallest absolute Gasteiger partial charge is 0.415 e. The molecule has 0 bridgehead atoms. The maximum Gasteiger partial charge on any atom is 0.415 e. The summed E-state index contributed by atoms with van der Waals surface area (Å²) >= 11 is 0. The molecule has 0 unspecified atom stereocenters. The summed E-state index contributed by atoms with van der Waals surface area (Å²) in [7, 11) is 0. The Balaban J connectivity index is 1.05. The van der Waals surface area contributed by atoms with Gasteiger partial charge < -0.3 is 50.6 Å². The molecule has 2 aliphatic heterocycles. The Morgan fingerprint density at radius 2 is 1.41 bits per heavy atom. The number of piperazine rings is 1. The highest BCUT2D eigenvalue weighted by Crippen LogP contribution is 2.43. The van der Waals surface area contributed by atoms with Crippen LogP contribution in [-0.2, 0) is 35.3 Å². The molecule has 2 heterocycles. The van der Waals surface area contributed by atoms with Gasteiger partial charge in [0, 0.05) is 80.5 Å². The minimum Gasteiger partial charge on any atom is -0.492 e. The predicted octanol–water partition coefficient (Wildman–Crippen LogP) is 7.26. The van der Waals surface area contributed by atoms with Crippen molar-refractivity contribution in [1.29, 1.82) is 0 Å². The molecule has 378 valence electrons. The average Bonchev–Trinajstić information content (AvgIpc) is 3.33. The molecule has 0 radical (unpaired) electrons. The van der Waals surface area contributed by atoms with Crippen LogP contribution < -0.4 is 41.1 Å². The number of fused-ring (bicyclic) bond motifs is 1. The Labute approximate surface area is 414 Å². The highest BCUT2D eigenvalue weighted by Gasteiger charge is 2.39. The lowest BCUT2D eigenvalue weighted by molar-refractivity contribution is -0.130. The molecule has 3 atom stereocenters. The zero-order valence-electron chi connectivity index (χ0n) is 41.4. The standard InChI is InChI=1S/C52H65N9O10/c1-8-47(64)60-34(2)31-45(43-11-9-10-12-44(43)60)61(51(68)70-33-37-13-15-39(16-14-37)56-48(65)35(3)54-50(67)71-52(5,6)7)41-21-17-38(18-22-41)55-46(63)32-53-49(66)57-40-19-23-42(24-20-40)69-30-29-58-25-27-59(28-26-58)36(4)62/h9-24,34-35,45H,8,25-33H2,1-7H3,(H,54,67)(H,55,63)(H,56,65)(H2,53,57,66)/t34-,35-,45+/m0/s1. The van der Waals surface area contributed by atoms with Gasteiger partial charge in [-0.3, -0.25) is 29.0 Å². The van der Waals surface area contributed by atoms with E-state index in [1.807, 2.05) is 43.0 Å². The van der Waals surface area contributed by atoms with Crippen molar-refractivity contribution < 1.29 is 47.8 Å². The van der Waals surface area contributed by atoms with Crippen molar-refractivity contribution in [1.82, 2.24) is 20.4 Å².